The van der Waals surface area contributed by atoms with Crippen LogP contribution in [0.15, 0.2) is 72.8 Å². The Bertz CT molecular complexity index is 852. The molecule has 1 amide bonds. The van der Waals surface area contributed by atoms with Gasteiger partial charge >= 0.3 is 0 Å². The molecule has 3 heteroatoms. The van der Waals surface area contributed by atoms with Crippen molar-refractivity contribution in [3.63, 3.8) is 0 Å². The fraction of sp³-hybridized carbons (Fsp3) is 0.136. The lowest BCUT2D eigenvalue weighted by molar-refractivity contribution is 0.0951. The lowest BCUT2D eigenvalue weighted by Gasteiger charge is -2.11. The van der Waals surface area contributed by atoms with E-state index in [1.807, 2.05) is 60.7 Å². The van der Waals surface area contributed by atoms with Gasteiger partial charge in [0.2, 0.25) is 0 Å². The van der Waals surface area contributed by atoms with E-state index in [-0.39, 0.29) is 5.91 Å². The number of amides is 1. The zero-order chi connectivity index (χ0) is 17.6. The molecule has 3 aromatic rings. The average molecular weight is 331 g/mol. The van der Waals surface area contributed by atoms with Gasteiger partial charge in [0.05, 0.1) is 7.11 Å². The number of methoxy groups -OCH3 is 1. The topological polar surface area (TPSA) is 38.3 Å². The molecule has 0 bridgehead atoms. The van der Waals surface area contributed by atoms with Crippen molar-refractivity contribution in [2.45, 2.75) is 13.5 Å². The standard InChI is InChI=1S/C22H21NO2/c1-16-7-11-18(12-8-16)20-5-3-4-6-21(20)22(24)23-15-17-9-13-19(25-2)14-10-17/h3-14H,15H2,1-2H3,(H,23,24). The molecule has 25 heavy (non-hydrogen) atoms. The molecule has 0 saturated heterocycles. The Morgan fingerprint density at radius 1 is 0.920 bits per heavy atom. The first-order valence-electron chi connectivity index (χ1n) is 8.24. The van der Waals surface area contributed by atoms with E-state index in [9.17, 15) is 4.79 Å². The molecule has 0 radical (unpaired) electrons. The third-order valence-corrected chi connectivity index (χ3v) is 4.15. The van der Waals surface area contributed by atoms with Gasteiger partial charge in [-0.1, -0.05) is 60.2 Å². The highest BCUT2D eigenvalue weighted by Crippen LogP contribution is 2.24. The Morgan fingerprint density at radius 2 is 1.60 bits per heavy atom. The molecule has 3 nitrogen and oxygen atoms in total. The summed E-state index contributed by atoms with van der Waals surface area (Å²) >= 11 is 0. The van der Waals surface area contributed by atoms with E-state index in [4.69, 9.17) is 4.74 Å². The maximum absolute atomic E-state index is 12.7. The first-order valence-corrected chi connectivity index (χ1v) is 8.24. The molecule has 0 aromatic heterocycles. The minimum absolute atomic E-state index is 0.0769. The lowest BCUT2D eigenvalue weighted by atomic mass is 9.98. The van der Waals surface area contributed by atoms with Gasteiger partial charge in [0, 0.05) is 12.1 Å². The van der Waals surface area contributed by atoms with E-state index < -0.39 is 0 Å². The third kappa shape index (κ3) is 4.07. The maximum Gasteiger partial charge on any atom is 0.252 e. The number of benzene rings is 3. The number of aryl methyl sites for hydroxylation is 1. The molecule has 0 unspecified atom stereocenters. The first kappa shape index (κ1) is 16.8. The van der Waals surface area contributed by atoms with Gasteiger partial charge in [-0.3, -0.25) is 4.79 Å². The molecule has 0 saturated carbocycles. The summed E-state index contributed by atoms with van der Waals surface area (Å²) in [6.07, 6.45) is 0. The highest BCUT2D eigenvalue weighted by atomic mass is 16.5. The van der Waals surface area contributed by atoms with Crippen molar-refractivity contribution < 1.29 is 9.53 Å². The maximum atomic E-state index is 12.7. The molecule has 0 heterocycles. The summed E-state index contributed by atoms with van der Waals surface area (Å²) < 4.78 is 5.15. The van der Waals surface area contributed by atoms with Gasteiger partial charge in [0.1, 0.15) is 5.75 Å². The lowest BCUT2D eigenvalue weighted by Crippen LogP contribution is -2.23. The van der Waals surface area contributed by atoms with Crippen LogP contribution in [-0.2, 0) is 6.54 Å². The van der Waals surface area contributed by atoms with Crippen molar-refractivity contribution in [2.75, 3.05) is 7.11 Å². The predicted octanol–water partition coefficient (Wildman–Crippen LogP) is 4.60. The van der Waals surface area contributed by atoms with Gasteiger partial charge < -0.3 is 10.1 Å². The van der Waals surface area contributed by atoms with Crippen LogP contribution in [0.3, 0.4) is 0 Å². The van der Waals surface area contributed by atoms with E-state index in [1.54, 1.807) is 7.11 Å². The van der Waals surface area contributed by atoms with Gasteiger partial charge in [-0.2, -0.15) is 0 Å². The second-order valence-corrected chi connectivity index (χ2v) is 5.94. The molecule has 3 rings (SSSR count). The van der Waals surface area contributed by atoms with E-state index in [1.165, 1.54) is 5.56 Å². The number of rotatable bonds is 5. The molecular formula is C22H21NO2. The summed E-state index contributed by atoms with van der Waals surface area (Å²) in [6, 6.07) is 23.6. The second-order valence-electron chi connectivity index (χ2n) is 5.94. The Kier molecular flexibility index (Phi) is 5.14. The Morgan fingerprint density at radius 3 is 2.28 bits per heavy atom. The van der Waals surface area contributed by atoms with Crippen LogP contribution in [0.1, 0.15) is 21.5 Å². The highest BCUT2D eigenvalue weighted by molar-refractivity contribution is 6.00. The van der Waals surface area contributed by atoms with E-state index in [0.29, 0.717) is 12.1 Å². The van der Waals surface area contributed by atoms with Crippen LogP contribution >= 0.6 is 0 Å². The van der Waals surface area contributed by atoms with Crippen LogP contribution in [0.5, 0.6) is 5.75 Å². The van der Waals surface area contributed by atoms with Crippen molar-refractivity contribution in [3.8, 4) is 16.9 Å². The number of nitrogens with one attached hydrogen (secondary N) is 1. The number of ether oxygens (including phenoxy) is 1. The molecule has 0 aliphatic rings. The first-order chi connectivity index (χ1) is 12.2. The summed E-state index contributed by atoms with van der Waals surface area (Å²) in [7, 11) is 1.64. The highest BCUT2D eigenvalue weighted by Gasteiger charge is 2.12. The number of carbonyl (C=O) groups excluding carboxylic acids is 1. The van der Waals surface area contributed by atoms with Crippen LogP contribution in [0.4, 0.5) is 0 Å². The molecule has 0 fully saturated rings. The molecule has 0 aliphatic carbocycles. The normalized spacial score (nSPS) is 10.3. The fourth-order valence-electron chi connectivity index (χ4n) is 2.69. The summed E-state index contributed by atoms with van der Waals surface area (Å²) in [5, 5.41) is 2.99. The largest absolute Gasteiger partial charge is 0.497 e. The Labute approximate surface area is 148 Å². The third-order valence-electron chi connectivity index (χ3n) is 4.15. The quantitative estimate of drug-likeness (QED) is 0.742. The molecular weight excluding hydrogens is 310 g/mol. The van der Waals surface area contributed by atoms with Crippen LogP contribution in [0, 0.1) is 6.92 Å². The van der Waals surface area contributed by atoms with Gasteiger partial charge in [-0.05, 0) is 41.8 Å². The molecule has 0 aliphatic heterocycles. The summed E-state index contributed by atoms with van der Waals surface area (Å²) in [5.74, 6) is 0.729. The van der Waals surface area contributed by atoms with Crippen LogP contribution in [0.25, 0.3) is 11.1 Å². The summed E-state index contributed by atoms with van der Waals surface area (Å²) in [6.45, 7) is 2.53. The Hall–Kier alpha value is -3.07. The van der Waals surface area contributed by atoms with Crippen molar-refractivity contribution in [2.24, 2.45) is 0 Å². The van der Waals surface area contributed by atoms with Crippen LogP contribution < -0.4 is 10.1 Å². The molecule has 0 atom stereocenters. The van der Waals surface area contributed by atoms with Crippen LogP contribution in [0.2, 0.25) is 0 Å². The van der Waals surface area contributed by atoms with Crippen LogP contribution in [-0.4, -0.2) is 13.0 Å². The zero-order valence-corrected chi connectivity index (χ0v) is 14.5. The van der Waals surface area contributed by atoms with Crippen molar-refractivity contribution in [1.29, 1.82) is 0 Å². The van der Waals surface area contributed by atoms with Crippen molar-refractivity contribution in [1.82, 2.24) is 5.32 Å². The van der Waals surface area contributed by atoms with E-state index in [0.717, 1.165) is 22.4 Å². The van der Waals surface area contributed by atoms with E-state index >= 15 is 0 Å². The van der Waals surface area contributed by atoms with Gasteiger partial charge in [-0.15, -0.1) is 0 Å². The summed E-state index contributed by atoms with van der Waals surface area (Å²) in [5.41, 5.74) is 4.89. The van der Waals surface area contributed by atoms with Crippen molar-refractivity contribution in [3.05, 3.63) is 89.5 Å². The monoisotopic (exact) mass is 331 g/mol. The molecule has 1 N–H and O–H groups in total. The predicted molar refractivity (Wildman–Crippen MR) is 101 cm³/mol. The molecule has 3 aromatic carbocycles. The van der Waals surface area contributed by atoms with Gasteiger partial charge in [-0.25, -0.2) is 0 Å². The summed E-state index contributed by atoms with van der Waals surface area (Å²) in [4.78, 5) is 12.7. The molecule has 126 valence electrons. The fourth-order valence-corrected chi connectivity index (χ4v) is 2.69. The van der Waals surface area contributed by atoms with Gasteiger partial charge in [0.25, 0.3) is 5.91 Å². The number of hydrogen-bond donors (Lipinski definition) is 1. The average Bonchev–Trinajstić information content (AvgIpc) is 2.67. The zero-order valence-electron chi connectivity index (χ0n) is 14.5. The minimum Gasteiger partial charge on any atom is -0.497 e. The minimum atomic E-state index is -0.0769. The Balaban J connectivity index is 1.76. The van der Waals surface area contributed by atoms with E-state index in [2.05, 4.69) is 24.4 Å². The SMILES string of the molecule is COc1ccc(CNC(=O)c2ccccc2-c2ccc(C)cc2)cc1. The van der Waals surface area contributed by atoms with Gasteiger partial charge in [0.15, 0.2) is 0 Å². The smallest absolute Gasteiger partial charge is 0.252 e. The number of carbonyl (C=O) groups is 1. The number of hydrogen-bond acceptors (Lipinski definition) is 2. The second kappa shape index (κ2) is 7.67. The van der Waals surface area contributed by atoms with Crippen molar-refractivity contribution >= 4 is 5.91 Å². The molecule has 0 spiro atoms.